The van der Waals surface area contributed by atoms with E-state index in [9.17, 15) is 43.2 Å². The second kappa shape index (κ2) is 81.4. The highest BCUT2D eigenvalue weighted by molar-refractivity contribution is 7.47. The lowest BCUT2D eigenvalue weighted by Crippen LogP contribution is -2.30. The maximum Gasteiger partial charge on any atom is 0.472 e. The maximum atomic E-state index is 13.1. The van der Waals surface area contributed by atoms with Crippen LogP contribution in [0.5, 0.6) is 0 Å². The summed E-state index contributed by atoms with van der Waals surface area (Å²) in [6, 6.07) is 0. The van der Waals surface area contributed by atoms with Crippen LogP contribution in [-0.2, 0) is 65.4 Å². The number of unbranched alkanes of at least 4 members (excludes halogenated alkanes) is 24. The zero-order valence-corrected chi connectivity index (χ0v) is 70.4. The first-order valence-corrected chi connectivity index (χ1v) is 45.4. The van der Waals surface area contributed by atoms with Gasteiger partial charge in [-0.25, -0.2) is 9.13 Å². The molecule has 0 radical (unpaired) electrons. The van der Waals surface area contributed by atoms with Crippen LogP contribution in [0.3, 0.4) is 0 Å². The Bertz CT molecular complexity index is 2750. The van der Waals surface area contributed by atoms with Crippen molar-refractivity contribution in [3.05, 3.63) is 170 Å². The van der Waals surface area contributed by atoms with E-state index in [1.807, 2.05) is 12.2 Å². The van der Waals surface area contributed by atoms with Crippen LogP contribution in [-0.4, -0.2) is 96.7 Å². The molecule has 0 aliphatic heterocycles. The molecular formula is C91H150O17P2. The highest BCUT2D eigenvalue weighted by Gasteiger charge is 2.30. The molecule has 0 fully saturated rings. The normalized spacial score (nSPS) is 14.6. The van der Waals surface area contributed by atoms with Crippen molar-refractivity contribution in [2.45, 2.75) is 341 Å². The van der Waals surface area contributed by atoms with Crippen molar-refractivity contribution in [2.24, 2.45) is 0 Å². The molecule has 0 rings (SSSR count). The third-order valence-electron chi connectivity index (χ3n) is 17.1. The van der Waals surface area contributed by atoms with E-state index in [0.29, 0.717) is 32.1 Å². The zero-order chi connectivity index (χ0) is 80.3. The fourth-order valence-electron chi connectivity index (χ4n) is 10.8. The van der Waals surface area contributed by atoms with Crippen LogP contribution in [0.25, 0.3) is 0 Å². The minimum absolute atomic E-state index is 0.00771. The van der Waals surface area contributed by atoms with E-state index in [0.717, 1.165) is 199 Å². The van der Waals surface area contributed by atoms with Gasteiger partial charge in [-0.2, -0.15) is 0 Å². The molecule has 0 spiro atoms. The van der Waals surface area contributed by atoms with Crippen LogP contribution in [0, 0.1) is 0 Å². The van der Waals surface area contributed by atoms with Gasteiger partial charge < -0.3 is 33.8 Å². The molecule has 17 nitrogen and oxygen atoms in total. The lowest BCUT2D eigenvalue weighted by atomic mass is 10.1. The van der Waals surface area contributed by atoms with Crippen LogP contribution in [0.15, 0.2) is 170 Å². The Labute approximate surface area is 667 Å². The van der Waals surface area contributed by atoms with Crippen LogP contribution in [0.4, 0.5) is 0 Å². The summed E-state index contributed by atoms with van der Waals surface area (Å²) < 4.78 is 68.7. The molecule has 0 amide bonds. The Balaban J connectivity index is 5.47. The van der Waals surface area contributed by atoms with Crippen LogP contribution < -0.4 is 0 Å². The van der Waals surface area contributed by atoms with E-state index in [-0.39, 0.29) is 25.7 Å². The van der Waals surface area contributed by atoms with E-state index >= 15 is 0 Å². The fraction of sp³-hybridized carbons (Fsp3) is 0.648. The van der Waals surface area contributed by atoms with Gasteiger partial charge in [0.2, 0.25) is 0 Å². The van der Waals surface area contributed by atoms with Crippen molar-refractivity contribution in [3.8, 4) is 0 Å². The van der Waals surface area contributed by atoms with Gasteiger partial charge in [0, 0.05) is 25.7 Å². The topological polar surface area (TPSA) is 237 Å². The average Bonchev–Trinajstić information content (AvgIpc) is 0.906. The summed E-state index contributed by atoms with van der Waals surface area (Å²) in [5.74, 6) is -2.29. The number of aliphatic hydroxyl groups is 1. The second-order valence-electron chi connectivity index (χ2n) is 27.6. The number of carbonyl (C=O) groups is 4. The van der Waals surface area contributed by atoms with E-state index in [1.165, 1.54) is 38.5 Å². The molecule has 0 aromatic heterocycles. The predicted molar refractivity (Wildman–Crippen MR) is 454 cm³/mol. The number of ether oxygens (including phenoxy) is 4. The molecule has 19 heteroatoms. The van der Waals surface area contributed by atoms with E-state index < -0.39 is 97.5 Å². The zero-order valence-electron chi connectivity index (χ0n) is 68.6. The van der Waals surface area contributed by atoms with Crippen LogP contribution in [0.2, 0.25) is 0 Å². The molecule has 5 unspecified atom stereocenters. The summed E-state index contributed by atoms with van der Waals surface area (Å²) in [5, 5.41) is 10.7. The summed E-state index contributed by atoms with van der Waals surface area (Å²) in [7, 11) is -10.0. The first-order chi connectivity index (χ1) is 53.7. The van der Waals surface area contributed by atoms with Crippen molar-refractivity contribution >= 4 is 39.5 Å². The summed E-state index contributed by atoms with van der Waals surface area (Å²) in [6.07, 6.45) is 97.5. The van der Waals surface area contributed by atoms with Crippen LogP contribution in [0.1, 0.15) is 323 Å². The van der Waals surface area contributed by atoms with Gasteiger partial charge in [0.25, 0.3) is 0 Å². The van der Waals surface area contributed by atoms with E-state index in [4.69, 9.17) is 37.0 Å². The Morgan fingerprint density at radius 3 is 0.764 bits per heavy atom. The van der Waals surface area contributed by atoms with Gasteiger partial charge in [0.1, 0.15) is 19.3 Å². The fourth-order valence-corrected chi connectivity index (χ4v) is 12.3. The molecule has 110 heavy (non-hydrogen) atoms. The summed E-state index contributed by atoms with van der Waals surface area (Å²) >= 11 is 0. The number of phosphoric acid groups is 2. The largest absolute Gasteiger partial charge is 0.472 e. The van der Waals surface area contributed by atoms with E-state index in [1.54, 1.807) is 0 Å². The van der Waals surface area contributed by atoms with Crippen LogP contribution >= 0.6 is 15.6 Å². The molecule has 0 aliphatic carbocycles. The second-order valence-corrected chi connectivity index (χ2v) is 30.6. The maximum absolute atomic E-state index is 13.1. The monoisotopic (exact) mass is 1580 g/mol. The number of aliphatic hydroxyl groups excluding tert-OH is 1. The van der Waals surface area contributed by atoms with Crippen molar-refractivity contribution in [1.82, 2.24) is 0 Å². The molecule has 0 aromatic rings. The average molecular weight is 1580 g/mol. The third-order valence-corrected chi connectivity index (χ3v) is 19.0. The lowest BCUT2D eigenvalue weighted by molar-refractivity contribution is -0.161. The predicted octanol–water partition coefficient (Wildman–Crippen LogP) is 25.3. The van der Waals surface area contributed by atoms with Gasteiger partial charge in [-0.1, -0.05) is 294 Å². The highest BCUT2D eigenvalue weighted by Crippen LogP contribution is 2.45. The van der Waals surface area contributed by atoms with Gasteiger partial charge in [0.15, 0.2) is 12.2 Å². The molecule has 0 saturated heterocycles. The smallest absolute Gasteiger partial charge is 0.462 e. The molecule has 0 aromatic carbocycles. The minimum atomic E-state index is -5.01. The van der Waals surface area contributed by atoms with Gasteiger partial charge in [-0.05, 0) is 173 Å². The Kier molecular flexibility index (Phi) is 77.3. The highest BCUT2D eigenvalue weighted by atomic mass is 31.2. The van der Waals surface area contributed by atoms with Gasteiger partial charge >= 0.3 is 39.5 Å². The quantitative estimate of drug-likeness (QED) is 0.0169. The molecule has 0 saturated carbocycles. The molecule has 5 atom stereocenters. The van der Waals surface area contributed by atoms with E-state index in [2.05, 4.69) is 186 Å². The Morgan fingerprint density at radius 1 is 0.264 bits per heavy atom. The number of allylic oxidation sites excluding steroid dienone is 28. The van der Waals surface area contributed by atoms with Crippen molar-refractivity contribution < 1.29 is 80.2 Å². The molecular weight excluding hydrogens is 1430 g/mol. The molecule has 0 aliphatic rings. The lowest BCUT2D eigenvalue weighted by Gasteiger charge is -2.21. The number of carbonyl (C=O) groups excluding carboxylic acids is 4. The van der Waals surface area contributed by atoms with Crippen molar-refractivity contribution in [2.75, 3.05) is 39.6 Å². The number of hydrogen-bond acceptors (Lipinski definition) is 15. The van der Waals surface area contributed by atoms with Gasteiger partial charge in [-0.15, -0.1) is 0 Å². The number of esters is 4. The molecule has 626 valence electrons. The third kappa shape index (κ3) is 80.5. The summed E-state index contributed by atoms with van der Waals surface area (Å²) in [4.78, 5) is 73.2. The van der Waals surface area contributed by atoms with Crippen molar-refractivity contribution in [1.29, 1.82) is 0 Å². The first kappa shape index (κ1) is 104. The minimum Gasteiger partial charge on any atom is -0.462 e. The molecule has 0 heterocycles. The number of phosphoric ester groups is 2. The van der Waals surface area contributed by atoms with Gasteiger partial charge in [-0.3, -0.25) is 37.3 Å². The SMILES string of the molecule is CC/C=C\C/C=C\C/C=C\C/C=C\C/C=C\CCCC(=O)OC(COC(=O)CCCCCCCC/C=C\C/C=C\C/C=C\CCCCC)COP(=O)(O)OCC(O)COP(=O)(O)OCC(COC(=O)CCCCCCCC/C=C\C/C=C\C/C=C\C/C=C\CC)OC(=O)CCCCCCC/C=C\C/C=C\CCCCC. The molecule has 3 N–H and O–H groups in total. The Morgan fingerprint density at radius 2 is 0.482 bits per heavy atom. The number of hydrogen-bond donors (Lipinski definition) is 3. The number of rotatable bonds is 78. The summed E-state index contributed by atoms with van der Waals surface area (Å²) in [5.41, 5.74) is 0. The summed E-state index contributed by atoms with van der Waals surface area (Å²) in [6.45, 7) is 4.49. The van der Waals surface area contributed by atoms with Crippen molar-refractivity contribution in [3.63, 3.8) is 0 Å². The molecule has 0 bridgehead atoms. The standard InChI is InChI=1S/C91H150O17P2/c1-5-9-13-17-21-25-29-33-37-40-42-45-48-51-55-59-63-67-71-75-88(93)101-81-86(107-90(95)77-73-69-65-61-57-53-47-36-32-28-24-20-16-12-8-4)83-105-109(97,98)103-79-85(92)80-104-110(99,100)106-84-87(108-91(96)78-74-70-66-62-58-54-50-44-39-35-31-27-23-19-15-11-7-3)82-102-89(94)76-72-68-64-60-56-52-49-46-43-41-38-34-30-26-22-18-14-10-6-2/h9,11,13,15,21-28,33-39,42-43,45-47,50,54,62,66,85-87,92H,5-8,10,12,14,16-20,29-32,40-41,44,48-49,51-53,55-61,63-65,67-84H2,1-4H3,(H,97,98)(H,99,100)/b13-9-,15-11-,25-21-,26-22-,27-23-,28-24-,37-33-,38-34-,39-35-,45-42-,46-43-,47-36-,54-50-,66-62-. The van der Waals surface area contributed by atoms with Gasteiger partial charge in [0.05, 0.1) is 26.4 Å². The first-order valence-electron chi connectivity index (χ1n) is 42.4. The Hall–Kier alpha value is -5.58.